The van der Waals surface area contributed by atoms with Crippen molar-refractivity contribution in [3.63, 3.8) is 0 Å². The number of hydrogen-bond acceptors (Lipinski definition) is 8. The molecule has 8 heteroatoms. The summed E-state index contributed by atoms with van der Waals surface area (Å²) in [5.74, 6) is -1.54. The molecule has 0 saturated carbocycles. The normalized spacial score (nSPS) is 21.5. The summed E-state index contributed by atoms with van der Waals surface area (Å²) in [7, 11) is 0. The van der Waals surface area contributed by atoms with Crippen molar-refractivity contribution < 1.29 is 33.3 Å². The number of thioether (sulfide) groups is 1. The van der Waals surface area contributed by atoms with Crippen LogP contribution in [0.25, 0.3) is 0 Å². The predicted octanol–water partition coefficient (Wildman–Crippen LogP) is 4.26. The minimum atomic E-state index is -0.825. The Bertz CT molecular complexity index is 1020. The number of carbonyl (C=O) groups excluding carboxylic acids is 3. The van der Waals surface area contributed by atoms with E-state index in [0.29, 0.717) is 11.1 Å². The van der Waals surface area contributed by atoms with Gasteiger partial charge in [0.05, 0.1) is 23.0 Å². The molecule has 1 heterocycles. The van der Waals surface area contributed by atoms with Gasteiger partial charge in [-0.05, 0) is 38.1 Å². The van der Waals surface area contributed by atoms with Crippen LogP contribution >= 0.6 is 11.8 Å². The molecule has 1 aliphatic rings. The van der Waals surface area contributed by atoms with E-state index >= 15 is 0 Å². The van der Waals surface area contributed by atoms with Crippen LogP contribution in [0.2, 0.25) is 0 Å². The zero-order valence-electron chi connectivity index (χ0n) is 19.4. The van der Waals surface area contributed by atoms with Crippen LogP contribution in [0.3, 0.4) is 0 Å². The molecular weight excluding hydrogens is 456 g/mol. The number of esters is 3. The molecule has 0 aliphatic carbocycles. The van der Waals surface area contributed by atoms with E-state index in [0.717, 1.165) is 11.1 Å². The predicted molar refractivity (Wildman–Crippen MR) is 129 cm³/mol. The molecule has 3 rings (SSSR count). The van der Waals surface area contributed by atoms with Gasteiger partial charge in [-0.2, -0.15) is 0 Å². The summed E-state index contributed by atoms with van der Waals surface area (Å²) in [4.78, 5) is 37.1. The van der Waals surface area contributed by atoms with Crippen molar-refractivity contribution >= 4 is 29.7 Å². The van der Waals surface area contributed by atoms with Crippen LogP contribution in [0.1, 0.15) is 38.8 Å². The molecule has 0 radical (unpaired) electrons. The molecule has 0 aromatic heterocycles. The number of ether oxygens (including phenoxy) is 4. The fourth-order valence-corrected chi connectivity index (χ4v) is 4.83. The van der Waals surface area contributed by atoms with E-state index in [1.165, 1.54) is 18.7 Å². The van der Waals surface area contributed by atoms with E-state index in [2.05, 4.69) is 6.58 Å². The molecule has 1 saturated heterocycles. The fourth-order valence-electron chi connectivity index (χ4n) is 3.39. The highest BCUT2D eigenvalue weighted by molar-refractivity contribution is 8.00. The average molecular weight is 485 g/mol. The minimum Gasteiger partial charge on any atom is -0.461 e. The van der Waals surface area contributed by atoms with E-state index in [9.17, 15) is 14.4 Å². The van der Waals surface area contributed by atoms with Crippen LogP contribution in [0.15, 0.2) is 61.2 Å². The summed E-state index contributed by atoms with van der Waals surface area (Å²) in [5.41, 5.74) is 2.09. The third-order valence-electron chi connectivity index (χ3n) is 5.15. The second-order valence-corrected chi connectivity index (χ2v) is 9.28. The van der Waals surface area contributed by atoms with Crippen molar-refractivity contribution in [3.05, 3.63) is 83.4 Å². The maximum atomic E-state index is 12.9. The number of carbonyl (C=O) groups is 3. The van der Waals surface area contributed by atoms with Crippen molar-refractivity contribution in [2.45, 2.75) is 43.7 Å². The summed E-state index contributed by atoms with van der Waals surface area (Å²) in [6.07, 6.45) is -0.0303. The molecule has 7 nitrogen and oxygen atoms in total. The third-order valence-corrected chi connectivity index (χ3v) is 6.54. The summed E-state index contributed by atoms with van der Waals surface area (Å²) in [6.45, 7) is 8.90. The Morgan fingerprint density at radius 2 is 1.44 bits per heavy atom. The van der Waals surface area contributed by atoms with E-state index in [-0.39, 0.29) is 13.2 Å². The first-order valence-electron chi connectivity index (χ1n) is 10.8. The second-order valence-electron chi connectivity index (χ2n) is 7.94. The Balaban J connectivity index is 1.79. The summed E-state index contributed by atoms with van der Waals surface area (Å²) in [5, 5.41) is -0.511. The van der Waals surface area contributed by atoms with Crippen LogP contribution in [0, 0.1) is 13.8 Å². The maximum Gasteiger partial charge on any atom is 0.338 e. The molecule has 0 amide bonds. The molecule has 180 valence electrons. The van der Waals surface area contributed by atoms with Crippen LogP contribution in [0.4, 0.5) is 0 Å². The van der Waals surface area contributed by atoms with Gasteiger partial charge in [0, 0.05) is 6.92 Å². The first kappa shape index (κ1) is 25.5. The van der Waals surface area contributed by atoms with Gasteiger partial charge in [-0.1, -0.05) is 41.5 Å². The van der Waals surface area contributed by atoms with Crippen molar-refractivity contribution in [2.24, 2.45) is 0 Å². The lowest BCUT2D eigenvalue weighted by Gasteiger charge is -2.25. The maximum absolute atomic E-state index is 12.9. The van der Waals surface area contributed by atoms with Gasteiger partial charge in [0.2, 0.25) is 0 Å². The number of aryl methyl sites for hydroxylation is 2. The topological polar surface area (TPSA) is 88.1 Å². The van der Waals surface area contributed by atoms with Crippen LogP contribution in [-0.4, -0.2) is 54.0 Å². The summed E-state index contributed by atoms with van der Waals surface area (Å²) in [6, 6.07) is 14.0. The van der Waals surface area contributed by atoms with Crippen molar-refractivity contribution in [2.75, 3.05) is 13.2 Å². The quantitative estimate of drug-likeness (QED) is 0.296. The van der Waals surface area contributed by atoms with Gasteiger partial charge in [0.25, 0.3) is 0 Å². The zero-order chi connectivity index (χ0) is 24.7. The molecule has 2 aromatic carbocycles. The van der Waals surface area contributed by atoms with E-state index in [1.54, 1.807) is 30.3 Å². The minimum absolute atomic E-state index is 0.0606. The largest absolute Gasteiger partial charge is 0.461 e. The monoisotopic (exact) mass is 484 g/mol. The lowest BCUT2D eigenvalue weighted by Crippen LogP contribution is -2.41. The Hall–Kier alpha value is -3.10. The van der Waals surface area contributed by atoms with Crippen LogP contribution < -0.4 is 0 Å². The molecule has 1 unspecified atom stereocenters. The Morgan fingerprint density at radius 3 is 1.97 bits per heavy atom. The molecule has 4 atom stereocenters. The van der Waals surface area contributed by atoms with E-state index in [4.69, 9.17) is 18.9 Å². The van der Waals surface area contributed by atoms with Crippen molar-refractivity contribution in [1.29, 1.82) is 0 Å². The van der Waals surface area contributed by atoms with E-state index < -0.39 is 40.8 Å². The third kappa shape index (κ3) is 6.71. The van der Waals surface area contributed by atoms with E-state index in [1.807, 2.05) is 38.1 Å². The standard InChI is InChI=1S/C26H28O7S/c1-5-14-30-23-22(33-25(29)20-12-8-17(3)9-13-20)21(34-26(23)32-18(4)27)15-31-24(28)19-10-6-16(2)7-11-19/h5-13,21-23,26H,1,14-15H2,2-4H3/t21-,22+,23-,26?/m1/s1. The Kier molecular flexibility index (Phi) is 8.90. The van der Waals surface area contributed by atoms with Gasteiger partial charge in [-0.25, -0.2) is 9.59 Å². The first-order chi connectivity index (χ1) is 16.3. The van der Waals surface area contributed by atoms with Gasteiger partial charge in [0.1, 0.15) is 18.8 Å². The SMILES string of the molecule is C=CCO[C@H]1C(OC(C)=O)S[C@H](COC(=O)c2ccc(C)cc2)[C@@H]1OC(=O)c1ccc(C)cc1. The highest BCUT2D eigenvalue weighted by Crippen LogP contribution is 2.39. The molecular formula is C26H28O7S. The fraction of sp³-hybridized carbons (Fsp3) is 0.346. The molecule has 0 bridgehead atoms. The van der Waals surface area contributed by atoms with Crippen molar-refractivity contribution in [1.82, 2.24) is 0 Å². The second kappa shape index (κ2) is 11.9. The number of rotatable bonds is 9. The van der Waals surface area contributed by atoms with Crippen LogP contribution in [-0.2, 0) is 23.7 Å². The molecule has 2 aromatic rings. The van der Waals surface area contributed by atoms with Crippen molar-refractivity contribution in [3.8, 4) is 0 Å². The number of hydrogen-bond donors (Lipinski definition) is 0. The molecule has 34 heavy (non-hydrogen) atoms. The van der Waals surface area contributed by atoms with Gasteiger partial charge < -0.3 is 18.9 Å². The molecule has 1 aliphatic heterocycles. The highest BCUT2D eigenvalue weighted by atomic mass is 32.2. The molecule has 0 N–H and O–H groups in total. The summed E-state index contributed by atoms with van der Waals surface area (Å²) < 4.78 is 22.6. The summed E-state index contributed by atoms with van der Waals surface area (Å²) >= 11 is 1.23. The zero-order valence-corrected chi connectivity index (χ0v) is 20.2. The highest BCUT2D eigenvalue weighted by Gasteiger charge is 2.50. The van der Waals surface area contributed by atoms with Gasteiger partial charge in [0.15, 0.2) is 5.44 Å². The molecule has 1 fully saturated rings. The Labute approximate surface area is 203 Å². The lowest BCUT2D eigenvalue weighted by atomic mass is 10.1. The number of benzene rings is 2. The molecule has 0 spiro atoms. The van der Waals surface area contributed by atoms with Crippen LogP contribution in [0.5, 0.6) is 0 Å². The Morgan fingerprint density at radius 1 is 0.882 bits per heavy atom. The van der Waals surface area contributed by atoms with Gasteiger partial charge in [-0.15, -0.1) is 18.3 Å². The lowest BCUT2D eigenvalue weighted by molar-refractivity contribution is -0.150. The first-order valence-corrected chi connectivity index (χ1v) is 11.8. The van der Waals surface area contributed by atoms with Gasteiger partial charge >= 0.3 is 17.9 Å². The average Bonchev–Trinajstić information content (AvgIpc) is 3.11. The van der Waals surface area contributed by atoms with Gasteiger partial charge in [-0.3, -0.25) is 4.79 Å². The smallest absolute Gasteiger partial charge is 0.338 e.